The number of rotatable bonds is 2. The average Bonchev–Trinajstić information content (AvgIpc) is 2.77. The first-order valence-electron chi connectivity index (χ1n) is 5.63. The van der Waals surface area contributed by atoms with Crippen molar-refractivity contribution in [3.63, 3.8) is 0 Å². The van der Waals surface area contributed by atoms with E-state index >= 15 is 0 Å². The summed E-state index contributed by atoms with van der Waals surface area (Å²) in [6.45, 7) is 0. The van der Waals surface area contributed by atoms with Gasteiger partial charge in [0.25, 0.3) is 0 Å². The Morgan fingerprint density at radius 3 is 2.63 bits per heavy atom. The molecule has 0 amide bonds. The molecule has 0 fully saturated rings. The van der Waals surface area contributed by atoms with Gasteiger partial charge in [0.05, 0.1) is 14.7 Å². The zero-order chi connectivity index (χ0) is 13.4. The van der Waals surface area contributed by atoms with Crippen molar-refractivity contribution in [2.45, 2.75) is 0 Å². The van der Waals surface area contributed by atoms with Crippen LogP contribution in [0.5, 0.6) is 0 Å². The third-order valence-corrected chi connectivity index (χ3v) is 3.93. The summed E-state index contributed by atoms with van der Waals surface area (Å²) in [5.74, 6) is -0.930. The number of aromatic carboxylic acids is 1. The van der Waals surface area contributed by atoms with Gasteiger partial charge in [-0.2, -0.15) is 5.10 Å². The summed E-state index contributed by atoms with van der Waals surface area (Å²) in [6.07, 6.45) is 1.67. The number of carboxylic acids is 1. The van der Waals surface area contributed by atoms with Gasteiger partial charge in [0.1, 0.15) is 5.69 Å². The molecule has 0 saturated carbocycles. The van der Waals surface area contributed by atoms with Crippen LogP contribution in [0.25, 0.3) is 16.8 Å². The maximum absolute atomic E-state index is 11.0. The standard InChI is InChI=1S/C14H9IN2O2/c15-12-11-8-10(14(18)19)6-7-17(11)16-13(12)9-4-2-1-3-5-9/h1-8H,(H,18,19). The summed E-state index contributed by atoms with van der Waals surface area (Å²) in [7, 11) is 0. The molecule has 0 unspecified atom stereocenters. The number of hydrogen-bond acceptors (Lipinski definition) is 2. The number of carbonyl (C=O) groups is 1. The molecule has 0 spiro atoms. The van der Waals surface area contributed by atoms with Crippen LogP contribution in [0.1, 0.15) is 10.4 Å². The molecular formula is C14H9IN2O2. The van der Waals surface area contributed by atoms with Gasteiger partial charge in [0.15, 0.2) is 0 Å². The molecule has 4 nitrogen and oxygen atoms in total. The molecule has 0 radical (unpaired) electrons. The van der Waals surface area contributed by atoms with Gasteiger partial charge in [-0.15, -0.1) is 0 Å². The van der Waals surface area contributed by atoms with Crippen molar-refractivity contribution in [2.75, 3.05) is 0 Å². The number of nitrogens with zero attached hydrogens (tertiary/aromatic N) is 2. The van der Waals surface area contributed by atoms with Gasteiger partial charge in [-0.1, -0.05) is 30.3 Å². The topological polar surface area (TPSA) is 54.6 Å². The molecule has 5 heteroatoms. The van der Waals surface area contributed by atoms with Crippen LogP contribution < -0.4 is 0 Å². The lowest BCUT2D eigenvalue weighted by Gasteiger charge is -1.96. The number of aromatic nitrogens is 2. The first-order valence-corrected chi connectivity index (χ1v) is 6.71. The SMILES string of the molecule is O=C(O)c1ccn2nc(-c3ccccc3)c(I)c2c1. The number of carboxylic acid groups (broad SMARTS) is 1. The second kappa shape index (κ2) is 4.65. The molecule has 94 valence electrons. The van der Waals surface area contributed by atoms with Crippen molar-refractivity contribution >= 4 is 34.1 Å². The Labute approximate surface area is 122 Å². The summed E-state index contributed by atoms with van der Waals surface area (Å²) in [6, 6.07) is 13.0. The van der Waals surface area contributed by atoms with Gasteiger partial charge < -0.3 is 5.11 Å². The van der Waals surface area contributed by atoms with Gasteiger partial charge in [0, 0.05) is 11.8 Å². The summed E-state index contributed by atoms with van der Waals surface area (Å²) in [5.41, 5.74) is 2.96. The van der Waals surface area contributed by atoms with Gasteiger partial charge in [-0.05, 0) is 34.7 Å². The number of hydrogen-bond donors (Lipinski definition) is 1. The minimum atomic E-state index is -0.930. The Morgan fingerprint density at radius 2 is 1.95 bits per heavy atom. The van der Waals surface area contributed by atoms with E-state index in [0.29, 0.717) is 0 Å². The van der Waals surface area contributed by atoms with E-state index in [1.807, 2.05) is 30.3 Å². The van der Waals surface area contributed by atoms with Gasteiger partial charge in [0.2, 0.25) is 0 Å². The van der Waals surface area contributed by atoms with E-state index in [2.05, 4.69) is 27.7 Å². The summed E-state index contributed by atoms with van der Waals surface area (Å²) in [4.78, 5) is 11.0. The lowest BCUT2D eigenvalue weighted by molar-refractivity contribution is 0.0697. The first kappa shape index (κ1) is 12.2. The third-order valence-electron chi connectivity index (χ3n) is 2.87. The van der Waals surface area contributed by atoms with E-state index in [1.54, 1.807) is 22.8 Å². The van der Waals surface area contributed by atoms with E-state index < -0.39 is 5.97 Å². The van der Waals surface area contributed by atoms with E-state index in [-0.39, 0.29) is 5.56 Å². The minimum absolute atomic E-state index is 0.268. The van der Waals surface area contributed by atoms with Crippen LogP contribution in [0.4, 0.5) is 0 Å². The number of fused-ring (bicyclic) bond motifs is 1. The minimum Gasteiger partial charge on any atom is -0.478 e. The summed E-state index contributed by atoms with van der Waals surface area (Å²) < 4.78 is 2.66. The Morgan fingerprint density at radius 1 is 1.21 bits per heavy atom. The highest BCUT2D eigenvalue weighted by molar-refractivity contribution is 14.1. The number of benzene rings is 1. The predicted octanol–water partition coefficient (Wildman–Crippen LogP) is 3.30. The molecule has 0 bridgehead atoms. The predicted molar refractivity (Wildman–Crippen MR) is 80.3 cm³/mol. The zero-order valence-electron chi connectivity index (χ0n) is 9.75. The zero-order valence-corrected chi connectivity index (χ0v) is 11.9. The van der Waals surface area contributed by atoms with Crippen LogP contribution in [0.15, 0.2) is 48.7 Å². The first-order chi connectivity index (χ1) is 9.16. The highest BCUT2D eigenvalue weighted by Gasteiger charge is 2.13. The second-order valence-electron chi connectivity index (χ2n) is 4.08. The van der Waals surface area contributed by atoms with E-state index in [4.69, 9.17) is 5.11 Å². The van der Waals surface area contributed by atoms with Gasteiger partial charge in [-0.3, -0.25) is 0 Å². The largest absolute Gasteiger partial charge is 0.478 e. The quantitative estimate of drug-likeness (QED) is 0.710. The lowest BCUT2D eigenvalue weighted by atomic mass is 10.1. The molecule has 0 atom stereocenters. The third kappa shape index (κ3) is 2.10. The molecule has 1 N–H and O–H groups in total. The van der Waals surface area contributed by atoms with Crippen LogP contribution in [-0.2, 0) is 0 Å². The molecule has 3 aromatic rings. The van der Waals surface area contributed by atoms with Crippen molar-refractivity contribution < 1.29 is 9.90 Å². The number of pyridine rings is 1. The van der Waals surface area contributed by atoms with Gasteiger partial charge >= 0.3 is 5.97 Å². The molecule has 0 aliphatic rings. The van der Waals surface area contributed by atoms with Crippen LogP contribution in [-0.4, -0.2) is 20.7 Å². The Balaban J connectivity index is 2.24. The fourth-order valence-electron chi connectivity index (χ4n) is 1.93. The maximum atomic E-state index is 11.0. The highest BCUT2D eigenvalue weighted by atomic mass is 127. The Hall–Kier alpha value is -1.89. The van der Waals surface area contributed by atoms with Crippen molar-refractivity contribution in [1.29, 1.82) is 0 Å². The van der Waals surface area contributed by atoms with Crippen LogP contribution >= 0.6 is 22.6 Å². The average molecular weight is 364 g/mol. The molecular weight excluding hydrogens is 355 g/mol. The molecule has 0 saturated heterocycles. The Bertz CT molecular complexity index is 766. The lowest BCUT2D eigenvalue weighted by Crippen LogP contribution is -1.97. The van der Waals surface area contributed by atoms with E-state index in [1.165, 1.54) is 0 Å². The van der Waals surface area contributed by atoms with Crippen LogP contribution in [0, 0.1) is 3.57 Å². The monoisotopic (exact) mass is 364 g/mol. The Kier molecular flexibility index (Phi) is 2.98. The molecule has 2 aromatic heterocycles. The fraction of sp³-hybridized carbons (Fsp3) is 0. The summed E-state index contributed by atoms with van der Waals surface area (Å²) in [5, 5.41) is 13.5. The second-order valence-corrected chi connectivity index (χ2v) is 5.16. The van der Waals surface area contributed by atoms with Crippen molar-refractivity contribution in [2.24, 2.45) is 0 Å². The van der Waals surface area contributed by atoms with E-state index in [0.717, 1.165) is 20.3 Å². The molecule has 2 heterocycles. The van der Waals surface area contributed by atoms with Gasteiger partial charge in [-0.25, -0.2) is 9.31 Å². The molecule has 0 aliphatic heterocycles. The van der Waals surface area contributed by atoms with Crippen molar-refractivity contribution in [1.82, 2.24) is 9.61 Å². The smallest absolute Gasteiger partial charge is 0.335 e. The normalized spacial score (nSPS) is 10.8. The molecule has 1 aromatic carbocycles. The number of halogens is 1. The van der Waals surface area contributed by atoms with E-state index in [9.17, 15) is 4.79 Å². The van der Waals surface area contributed by atoms with Crippen LogP contribution in [0.2, 0.25) is 0 Å². The molecule has 0 aliphatic carbocycles. The summed E-state index contributed by atoms with van der Waals surface area (Å²) >= 11 is 2.20. The maximum Gasteiger partial charge on any atom is 0.335 e. The highest BCUT2D eigenvalue weighted by Crippen LogP contribution is 2.27. The van der Waals surface area contributed by atoms with Crippen molar-refractivity contribution in [3.8, 4) is 11.3 Å². The van der Waals surface area contributed by atoms with Crippen LogP contribution in [0.3, 0.4) is 0 Å². The van der Waals surface area contributed by atoms with Crippen molar-refractivity contribution in [3.05, 3.63) is 57.8 Å². The molecule has 3 rings (SSSR count). The fourth-order valence-corrected chi connectivity index (χ4v) is 2.75. The molecule has 19 heavy (non-hydrogen) atoms.